The summed E-state index contributed by atoms with van der Waals surface area (Å²) in [6.07, 6.45) is 14.3. The van der Waals surface area contributed by atoms with E-state index in [0.717, 1.165) is 31.4 Å². The third-order valence-corrected chi connectivity index (χ3v) is 10.6. The van der Waals surface area contributed by atoms with Crippen molar-refractivity contribution < 1.29 is 55.2 Å². The van der Waals surface area contributed by atoms with E-state index in [1.54, 1.807) is 51.8 Å². The normalized spacial score (nSPS) is 13.6. The molecule has 328 valence electrons. The van der Waals surface area contributed by atoms with Crippen LogP contribution >= 0.6 is 0 Å². The number of fused-ring (bicyclic) bond motifs is 2. The summed E-state index contributed by atoms with van der Waals surface area (Å²) >= 11 is 0. The van der Waals surface area contributed by atoms with Crippen LogP contribution in [0, 0.1) is 17.7 Å². The van der Waals surface area contributed by atoms with Crippen LogP contribution in [0.5, 0.6) is 28.7 Å². The summed E-state index contributed by atoms with van der Waals surface area (Å²) in [6.45, 7) is -5.86. The van der Waals surface area contributed by atoms with Gasteiger partial charge in [0.15, 0.2) is 11.6 Å². The number of hydrogen-bond acceptors (Lipinski definition) is 10. The second-order valence-corrected chi connectivity index (χ2v) is 15.3. The predicted molar refractivity (Wildman–Crippen MR) is 218 cm³/mol. The molecule has 0 saturated heterocycles. The van der Waals surface area contributed by atoms with E-state index in [2.05, 4.69) is 19.7 Å². The number of alkyl halides is 4. The molecule has 5 heterocycles. The topological polar surface area (TPSA) is 133 Å². The van der Waals surface area contributed by atoms with Gasteiger partial charge in [0.05, 0.1) is 50.0 Å². The minimum Gasteiger partial charge on any atom is -0.496 e. The molecule has 9 rings (SSSR count). The van der Waals surface area contributed by atoms with E-state index in [-0.39, 0.29) is 64.5 Å². The molecule has 18 heteroatoms. The second-order valence-electron chi connectivity index (χ2n) is 15.3. The summed E-state index contributed by atoms with van der Waals surface area (Å²) in [5.74, 6) is 0.0816. The van der Waals surface area contributed by atoms with Gasteiger partial charge in [0, 0.05) is 61.7 Å². The van der Waals surface area contributed by atoms with Crippen LogP contribution < -0.4 is 23.7 Å². The van der Waals surface area contributed by atoms with Crippen molar-refractivity contribution in [1.82, 2.24) is 28.3 Å². The summed E-state index contributed by atoms with van der Waals surface area (Å²) in [5.41, 5.74) is 3.93. The molecule has 0 unspecified atom stereocenters. The number of hydrogen-bond donors (Lipinski definition) is 0. The average Bonchev–Trinajstić information content (AvgIpc) is 4.12. The highest BCUT2D eigenvalue weighted by Gasteiger charge is 2.31. The monoisotopic (exact) mass is 872 g/mol. The van der Waals surface area contributed by atoms with E-state index in [1.807, 2.05) is 17.8 Å². The SMILES string of the molecule is COc1cc(-c2cnc3cc(F)ccn23)cc(OC(F)F)c1C(=O)CC1CC1.COc1cc(-c2cnc3cc(OCc4cn(C)cn4)ccn23)cc(OC(F)F)c1C(=O)CC1CC1. The Labute approximate surface area is 357 Å². The zero-order valence-corrected chi connectivity index (χ0v) is 34.3. The fourth-order valence-electron chi connectivity index (χ4n) is 7.23. The summed E-state index contributed by atoms with van der Waals surface area (Å²) in [5, 5.41) is 0. The van der Waals surface area contributed by atoms with Crippen molar-refractivity contribution in [3.8, 4) is 51.3 Å². The van der Waals surface area contributed by atoms with Gasteiger partial charge in [-0.3, -0.25) is 18.4 Å². The van der Waals surface area contributed by atoms with Crippen molar-refractivity contribution in [1.29, 1.82) is 0 Å². The number of rotatable bonds is 17. The molecular formula is C45H41F5N6O7. The van der Waals surface area contributed by atoms with Gasteiger partial charge >= 0.3 is 13.2 Å². The number of aryl methyl sites for hydroxylation is 1. The number of ketones is 2. The van der Waals surface area contributed by atoms with Crippen LogP contribution in [-0.4, -0.2) is 67.3 Å². The van der Waals surface area contributed by atoms with E-state index in [1.165, 1.54) is 50.9 Å². The fourth-order valence-corrected chi connectivity index (χ4v) is 7.23. The zero-order chi connectivity index (χ0) is 44.4. The van der Waals surface area contributed by atoms with Crippen molar-refractivity contribution in [2.75, 3.05) is 14.2 Å². The van der Waals surface area contributed by atoms with Crippen molar-refractivity contribution in [2.45, 2.75) is 58.4 Å². The Bertz CT molecular complexity index is 2800. The Morgan fingerprint density at radius 2 is 1.19 bits per heavy atom. The Morgan fingerprint density at radius 1 is 0.698 bits per heavy atom. The first-order chi connectivity index (χ1) is 30.4. The maximum absolute atomic E-state index is 13.4. The van der Waals surface area contributed by atoms with Crippen LogP contribution in [0.25, 0.3) is 33.8 Å². The van der Waals surface area contributed by atoms with Crippen LogP contribution in [0.2, 0.25) is 0 Å². The van der Waals surface area contributed by atoms with Gasteiger partial charge < -0.3 is 28.3 Å². The first kappa shape index (κ1) is 42.7. The molecule has 2 saturated carbocycles. The van der Waals surface area contributed by atoms with E-state index in [9.17, 15) is 31.5 Å². The van der Waals surface area contributed by atoms with Gasteiger partial charge in [-0.2, -0.15) is 17.6 Å². The molecule has 0 N–H and O–H groups in total. The molecule has 2 fully saturated rings. The first-order valence-corrected chi connectivity index (χ1v) is 20.0. The quantitative estimate of drug-likeness (QED) is 0.0644. The van der Waals surface area contributed by atoms with Crippen molar-refractivity contribution in [2.24, 2.45) is 18.9 Å². The van der Waals surface area contributed by atoms with Gasteiger partial charge in [-0.25, -0.2) is 19.3 Å². The van der Waals surface area contributed by atoms with Crippen LogP contribution in [0.15, 0.2) is 85.8 Å². The lowest BCUT2D eigenvalue weighted by Gasteiger charge is -2.16. The minimum absolute atomic E-state index is 0.0123. The molecule has 0 amide bonds. The third-order valence-electron chi connectivity index (χ3n) is 10.6. The second kappa shape index (κ2) is 18.2. The van der Waals surface area contributed by atoms with Crippen LogP contribution in [0.4, 0.5) is 22.0 Å². The molecule has 0 spiro atoms. The number of benzene rings is 2. The molecule has 7 aromatic rings. The number of aromatic nitrogens is 6. The minimum atomic E-state index is -3.09. The largest absolute Gasteiger partial charge is 0.496 e. The van der Waals surface area contributed by atoms with E-state index in [4.69, 9.17) is 18.9 Å². The first-order valence-electron chi connectivity index (χ1n) is 20.0. The van der Waals surface area contributed by atoms with E-state index in [0.29, 0.717) is 52.1 Å². The van der Waals surface area contributed by atoms with Crippen molar-refractivity contribution in [3.63, 3.8) is 0 Å². The Balaban J connectivity index is 0.000000177. The lowest BCUT2D eigenvalue weighted by molar-refractivity contribution is -0.0509. The number of carbonyl (C=O) groups is 2. The van der Waals surface area contributed by atoms with Gasteiger partial charge in [0.25, 0.3) is 0 Å². The maximum Gasteiger partial charge on any atom is 0.387 e. The lowest BCUT2D eigenvalue weighted by atomic mass is 10.00. The summed E-state index contributed by atoms with van der Waals surface area (Å²) in [4.78, 5) is 38.3. The number of methoxy groups -OCH3 is 2. The van der Waals surface area contributed by atoms with Gasteiger partial charge in [-0.05, 0) is 73.9 Å². The van der Waals surface area contributed by atoms with Gasteiger partial charge in [0.1, 0.15) is 63.6 Å². The standard InChI is InChI=1S/C25H24F2N4O4.C20H17F3N2O3/c1-30-12-17(29-14-30)13-34-18-5-6-31-19(11-28-23(31)10-18)16-8-21(33-2)24(20(32)7-15-3-4-15)22(9-16)35-25(26)27;1-27-16-7-12(14-10-24-18-9-13(21)4-5-25(14)18)8-17(28-20(22)23)19(16)15(26)6-11-2-3-11/h5-6,8-12,14-15,25H,3-4,7,13H2,1-2H3;4-5,7-11,20H,2-3,6H2,1H3. The number of ether oxygens (including phenoxy) is 5. The van der Waals surface area contributed by atoms with Crippen LogP contribution in [0.3, 0.4) is 0 Å². The molecule has 2 aromatic carbocycles. The molecule has 0 atom stereocenters. The zero-order valence-electron chi connectivity index (χ0n) is 34.3. The van der Waals surface area contributed by atoms with Crippen LogP contribution in [-0.2, 0) is 13.7 Å². The molecule has 0 bridgehead atoms. The van der Waals surface area contributed by atoms with Gasteiger partial charge in [0.2, 0.25) is 0 Å². The predicted octanol–water partition coefficient (Wildman–Crippen LogP) is 9.64. The molecule has 5 aromatic heterocycles. The maximum atomic E-state index is 13.4. The Hall–Kier alpha value is -6.98. The Kier molecular flexibility index (Phi) is 12.3. The number of nitrogens with zero attached hydrogens (tertiary/aromatic N) is 6. The van der Waals surface area contributed by atoms with Crippen molar-refractivity contribution >= 4 is 22.9 Å². The van der Waals surface area contributed by atoms with E-state index >= 15 is 0 Å². The molecular weight excluding hydrogens is 832 g/mol. The molecule has 0 aliphatic heterocycles. The molecule has 13 nitrogen and oxygen atoms in total. The number of pyridine rings is 2. The van der Waals surface area contributed by atoms with Gasteiger partial charge in [-0.15, -0.1) is 0 Å². The highest BCUT2D eigenvalue weighted by atomic mass is 19.3. The number of carbonyl (C=O) groups excluding carboxylic acids is 2. The summed E-state index contributed by atoms with van der Waals surface area (Å²) < 4.78 is 97.1. The van der Waals surface area contributed by atoms with E-state index < -0.39 is 19.0 Å². The molecule has 2 aliphatic rings. The third kappa shape index (κ3) is 9.90. The lowest BCUT2D eigenvalue weighted by Crippen LogP contribution is -2.11. The molecule has 2 aliphatic carbocycles. The molecule has 0 radical (unpaired) electrons. The molecule has 63 heavy (non-hydrogen) atoms. The highest BCUT2D eigenvalue weighted by molar-refractivity contribution is 6.03. The number of imidazole rings is 3. The average molecular weight is 873 g/mol. The van der Waals surface area contributed by atoms with Gasteiger partial charge in [-0.1, -0.05) is 0 Å². The number of Topliss-reactive ketones (excluding diaryl/α,β-unsaturated/α-hetero) is 2. The Morgan fingerprint density at radius 3 is 1.65 bits per heavy atom. The summed E-state index contributed by atoms with van der Waals surface area (Å²) in [7, 11) is 4.65. The number of halogens is 5. The van der Waals surface area contributed by atoms with Crippen molar-refractivity contribution in [3.05, 3.63) is 108 Å². The fraction of sp³-hybridized carbons (Fsp3) is 0.311. The highest BCUT2D eigenvalue weighted by Crippen LogP contribution is 2.42. The summed E-state index contributed by atoms with van der Waals surface area (Å²) in [6, 6.07) is 12.1. The van der Waals surface area contributed by atoms with Crippen LogP contribution in [0.1, 0.15) is 64.9 Å². The smallest absolute Gasteiger partial charge is 0.387 e.